The van der Waals surface area contributed by atoms with E-state index in [0.29, 0.717) is 37.4 Å². The molecule has 5 aliphatic carbocycles. The number of carbonyl (C=O) groups excluding carboxylic acids is 3. The van der Waals surface area contributed by atoms with Gasteiger partial charge in [-0.1, -0.05) is 104 Å². The second-order valence-electron chi connectivity index (χ2n) is 22.9. The Bertz CT molecular complexity index is 1960. The minimum atomic E-state index is -1.56. The van der Waals surface area contributed by atoms with Crippen LogP contribution in [0.1, 0.15) is 180 Å². The summed E-state index contributed by atoms with van der Waals surface area (Å²) in [6.07, 6.45) is 9.01. The molecule has 0 amide bonds. The van der Waals surface area contributed by atoms with Crippen LogP contribution in [-0.4, -0.2) is 131 Å². The number of esters is 3. The Morgan fingerprint density at radius 1 is 0.792 bits per heavy atom. The van der Waals surface area contributed by atoms with Crippen LogP contribution < -0.4 is 4.74 Å². The van der Waals surface area contributed by atoms with Gasteiger partial charge in [-0.2, -0.15) is 0 Å². The van der Waals surface area contributed by atoms with Gasteiger partial charge in [-0.3, -0.25) is 9.59 Å². The minimum Gasteiger partial charge on any atom is -0.497 e. The number of methoxy groups -OCH3 is 1. The highest BCUT2D eigenvalue weighted by Gasteiger charge is 2.70. The second-order valence-corrected chi connectivity index (χ2v) is 22.9. The summed E-state index contributed by atoms with van der Waals surface area (Å²) in [5, 5.41) is 57.9. The van der Waals surface area contributed by atoms with Crippen molar-refractivity contribution < 1.29 is 73.1 Å². The first kappa shape index (κ1) is 56.6. The Morgan fingerprint density at radius 3 is 2.14 bits per heavy atom. The molecule has 1 saturated heterocycles. The topological polar surface area (TPSA) is 217 Å². The van der Waals surface area contributed by atoms with Crippen molar-refractivity contribution in [3.63, 3.8) is 0 Å². The van der Waals surface area contributed by atoms with Gasteiger partial charge in [-0.25, -0.2) is 4.79 Å². The lowest BCUT2D eigenvalue weighted by Gasteiger charge is -2.59. The summed E-state index contributed by atoms with van der Waals surface area (Å²) in [5.41, 5.74) is -0.834. The zero-order chi connectivity index (χ0) is 51.8. The summed E-state index contributed by atoms with van der Waals surface area (Å²) < 4.78 is 42.7. The van der Waals surface area contributed by atoms with E-state index in [-0.39, 0.29) is 60.9 Å². The van der Waals surface area contributed by atoms with Gasteiger partial charge >= 0.3 is 17.9 Å². The maximum atomic E-state index is 13.6. The molecule has 7 rings (SSSR count). The molecule has 17 atom stereocenters. The first-order chi connectivity index (χ1) is 34.4. The quantitative estimate of drug-likeness (QED) is 0.0303. The third kappa shape index (κ3) is 12.4. The number of carbonyl (C=O) groups is 3. The van der Waals surface area contributed by atoms with E-state index in [4.69, 9.17) is 33.2 Å². The van der Waals surface area contributed by atoms with Gasteiger partial charge in [-0.05, 0) is 112 Å². The van der Waals surface area contributed by atoms with Crippen LogP contribution in [0.15, 0.2) is 35.9 Å². The van der Waals surface area contributed by atoms with Gasteiger partial charge < -0.3 is 58.7 Å². The third-order valence-electron chi connectivity index (χ3n) is 18.3. The monoisotopic (exact) mass is 1010 g/mol. The van der Waals surface area contributed by atoms with E-state index < -0.39 is 84.0 Å². The number of ether oxygens (including phenoxy) is 7. The smallest absolute Gasteiger partial charge is 0.338 e. The maximum absolute atomic E-state index is 13.6. The van der Waals surface area contributed by atoms with Crippen molar-refractivity contribution >= 4 is 17.9 Å². The lowest BCUT2D eigenvalue weighted by molar-refractivity contribution is -0.321. The fourth-order valence-electron chi connectivity index (χ4n) is 14.1. The van der Waals surface area contributed by atoms with Gasteiger partial charge in [0.2, 0.25) is 0 Å². The van der Waals surface area contributed by atoms with Gasteiger partial charge in [0.1, 0.15) is 29.7 Å². The van der Waals surface area contributed by atoms with Crippen LogP contribution in [-0.2, 0) is 38.0 Å². The summed E-state index contributed by atoms with van der Waals surface area (Å²) >= 11 is 0. The molecule has 4 saturated carbocycles. The van der Waals surface area contributed by atoms with Gasteiger partial charge in [-0.15, -0.1) is 0 Å². The van der Waals surface area contributed by atoms with Crippen molar-refractivity contribution in [2.45, 2.75) is 236 Å². The molecule has 72 heavy (non-hydrogen) atoms. The predicted octanol–water partition coefficient (Wildman–Crippen LogP) is 8.07. The molecule has 1 aromatic rings. The van der Waals surface area contributed by atoms with E-state index in [1.165, 1.54) is 76.7 Å². The van der Waals surface area contributed by atoms with Crippen molar-refractivity contribution in [1.29, 1.82) is 0 Å². The lowest BCUT2D eigenvalue weighted by Crippen LogP contribution is -2.63. The highest BCUT2D eigenvalue weighted by atomic mass is 16.7. The molecule has 3 unspecified atom stereocenters. The third-order valence-corrected chi connectivity index (χ3v) is 18.3. The van der Waals surface area contributed by atoms with Crippen LogP contribution in [0.2, 0.25) is 0 Å². The molecule has 15 nitrogen and oxygen atoms in total. The summed E-state index contributed by atoms with van der Waals surface area (Å²) in [7, 11) is 1.50. The van der Waals surface area contributed by atoms with Crippen LogP contribution in [0.4, 0.5) is 0 Å². The zero-order valence-electron chi connectivity index (χ0n) is 44.1. The molecule has 1 heterocycles. The Balaban J connectivity index is 1.09. The average Bonchev–Trinajstić information content (AvgIpc) is 3.59. The summed E-state index contributed by atoms with van der Waals surface area (Å²) in [6, 6.07) is 6.21. The number of hydrogen-bond acceptors (Lipinski definition) is 15. The number of aliphatic hydroxyl groups is 5. The molecule has 5 N–H and O–H groups in total. The van der Waals surface area contributed by atoms with E-state index in [0.717, 1.165) is 51.4 Å². The van der Waals surface area contributed by atoms with Gasteiger partial charge in [0, 0.05) is 24.7 Å². The van der Waals surface area contributed by atoms with Crippen LogP contribution in [0.3, 0.4) is 0 Å². The number of unbranched alkanes of at least 4 members (excludes halogenated alkanes) is 10. The van der Waals surface area contributed by atoms with E-state index in [9.17, 15) is 39.9 Å². The number of hydrogen-bond donors (Lipinski definition) is 5. The predicted molar refractivity (Wildman–Crippen MR) is 268 cm³/mol. The number of aliphatic hydroxyl groups excluding tert-OH is 4. The highest BCUT2D eigenvalue weighted by molar-refractivity contribution is 5.89. The van der Waals surface area contributed by atoms with Crippen molar-refractivity contribution in [2.24, 2.45) is 34.5 Å². The van der Waals surface area contributed by atoms with Crippen molar-refractivity contribution in [3.05, 3.63) is 41.5 Å². The fourth-order valence-corrected chi connectivity index (χ4v) is 14.1. The largest absolute Gasteiger partial charge is 0.497 e. The molecule has 0 aromatic heterocycles. The Kier molecular flexibility index (Phi) is 19.7. The Labute approximate surface area is 428 Å². The molecule has 15 heteroatoms. The fraction of sp³-hybridized carbons (Fsp3) is 0.807. The minimum absolute atomic E-state index is 0.0214. The van der Waals surface area contributed by atoms with Crippen LogP contribution in [0, 0.1) is 34.5 Å². The van der Waals surface area contributed by atoms with Crippen LogP contribution >= 0.6 is 0 Å². The molecule has 1 aliphatic heterocycles. The van der Waals surface area contributed by atoms with Crippen molar-refractivity contribution in [1.82, 2.24) is 0 Å². The van der Waals surface area contributed by atoms with Crippen LogP contribution in [0.25, 0.3) is 0 Å². The van der Waals surface area contributed by atoms with Gasteiger partial charge in [0.25, 0.3) is 0 Å². The maximum Gasteiger partial charge on any atom is 0.338 e. The van der Waals surface area contributed by atoms with Gasteiger partial charge in [0.05, 0.1) is 50.3 Å². The highest BCUT2D eigenvalue weighted by Crippen LogP contribution is 2.69. The molecule has 406 valence electrons. The SMILES string of the molecule is CCCCCCCCCCCCCC(=O)OC[C@@H](C)[C@@]1(O)[C@@H](O[C@@H]2OC[C@H](O)[C@H](O[C@@H]3CC[C@@H](O)[C@H](O)[C@H]3OC(=O)c3ccc(OC)cc3)[C@H]2OC(C)=O)CC2C3CC=C4C[C@@H](O)CC[C@]4(C)C3CC[C@@]21C. The summed E-state index contributed by atoms with van der Waals surface area (Å²) in [6.45, 7) is 9.52. The van der Waals surface area contributed by atoms with E-state index in [1.54, 1.807) is 12.1 Å². The second kappa shape index (κ2) is 25.1. The van der Waals surface area contributed by atoms with E-state index >= 15 is 0 Å². The molecule has 5 fully saturated rings. The first-order valence-corrected chi connectivity index (χ1v) is 27.7. The molecule has 6 aliphatic rings. The molecule has 0 bridgehead atoms. The summed E-state index contributed by atoms with van der Waals surface area (Å²) in [4.78, 5) is 39.7. The lowest BCUT2D eigenvalue weighted by atomic mass is 9.46. The molecule has 0 radical (unpaired) electrons. The van der Waals surface area contributed by atoms with Crippen LogP contribution in [0.5, 0.6) is 5.75 Å². The zero-order valence-corrected chi connectivity index (χ0v) is 44.1. The Hall–Kier alpha value is -3.15. The number of allylic oxidation sites excluding steroid dienone is 1. The number of fused-ring (bicyclic) bond motifs is 5. The van der Waals surface area contributed by atoms with Crippen molar-refractivity contribution in [2.75, 3.05) is 20.3 Å². The van der Waals surface area contributed by atoms with Crippen molar-refractivity contribution in [3.8, 4) is 5.75 Å². The molecule has 0 spiro atoms. The summed E-state index contributed by atoms with van der Waals surface area (Å²) in [5.74, 6) is -1.34. The normalized spacial score (nSPS) is 37.8. The first-order valence-electron chi connectivity index (χ1n) is 27.7. The number of benzene rings is 1. The Morgan fingerprint density at radius 2 is 1.47 bits per heavy atom. The van der Waals surface area contributed by atoms with Gasteiger partial charge in [0.15, 0.2) is 18.5 Å². The van der Waals surface area contributed by atoms with E-state index in [2.05, 4.69) is 26.8 Å². The standard InChI is InChI=1S/C57H88O15/c1-7-8-9-10-11-12-13-14-15-16-17-18-48(62)67-33-35(2)57(65)47(32-43-41-24-21-38-31-39(59)27-29-55(38,4)42(41)28-30-56(43,57)5)71-54-52(69-36(3)58)50(45(61)34-68-54)70-46-26-25-44(60)49(63)51(46)72-53(64)37-19-22-40(66-6)23-20-37/h19-23,35,39,41-47,49-52,54,59-61,63,65H,7-18,24-34H2,1-6H3/t35-,39+,41?,42?,43?,44-,45+,46-,47+,49+,50+,51+,52-,54+,55+,56+,57-/m1/s1. The van der Waals surface area contributed by atoms with E-state index in [1.807, 2.05) is 6.92 Å². The average molecular weight is 1010 g/mol. The number of rotatable bonds is 23. The molecular formula is C57H88O15. The molecular weight excluding hydrogens is 925 g/mol. The molecule has 1 aromatic carbocycles.